The molecule has 4 rings (SSSR count). The van der Waals surface area contributed by atoms with E-state index in [1.807, 2.05) is 18.2 Å². The van der Waals surface area contributed by atoms with Gasteiger partial charge in [0, 0.05) is 11.0 Å². The number of hydrogen-bond donors (Lipinski definition) is 3. The van der Waals surface area contributed by atoms with Crippen LogP contribution >= 0.6 is 8.25 Å². The first-order valence-electron chi connectivity index (χ1n) is 18.4. The number of nitrogens with two attached hydrogens (primary N) is 2. The van der Waals surface area contributed by atoms with E-state index in [4.69, 9.17) is 30.0 Å². The van der Waals surface area contributed by atoms with Crippen molar-refractivity contribution < 1.29 is 37.4 Å². The summed E-state index contributed by atoms with van der Waals surface area (Å²) in [5.41, 5.74) is 11.5. The van der Waals surface area contributed by atoms with E-state index in [1.165, 1.54) is 81.5 Å². The van der Waals surface area contributed by atoms with E-state index < -0.39 is 38.3 Å². The van der Waals surface area contributed by atoms with Crippen molar-refractivity contribution in [3.05, 3.63) is 42.2 Å². The number of imidazole rings is 1. The monoisotopic (exact) mass is 733 g/mol. The number of carbonyl (C=O) groups is 1. The first-order valence-corrected chi connectivity index (χ1v) is 19.5. The van der Waals surface area contributed by atoms with Crippen LogP contribution in [0.2, 0.25) is 0 Å². The molecule has 0 bridgehead atoms. The molecular weight excluding hydrogens is 678 g/mol. The molecule has 1 aromatic carbocycles. The molecule has 5 N–H and O–H groups in total. The summed E-state index contributed by atoms with van der Waals surface area (Å²) in [6.45, 7) is 3.56. The second kappa shape index (κ2) is 20.7. The van der Waals surface area contributed by atoms with Gasteiger partial charge in [0.1, 0.15) is 24.5 Å². The Balaban J connectivity index is 1.03. The maximum Gasteiger partial charge on any atom is 0.750 e. The number of rotatable bonds is 24. The third kappa shape index (κ3) is 13.0. The van der Waals surface area contributed by atoms with E-state index in [2.05, 4.69) is 15.0 Å². The number of nitrogens with zero attached hydrogens (tertiary/aromatic N) is 4. The normalized spacial score (nSPS) is 19.7. The van der Waals surface area contributed by atoms with Gasteiger partial charge in [-0.1, -0.05) is 89.2 Å². The average molecular weight is 734 g/mol. The predicted molar refractivity (Wildman–Crippen MR) is 192 cm³/mol. The first-order chi connectivity index (χ1) is 24.6. The molecule has 3 aromatic rings. The quantitative estimate of drug-likeness (QED) is 0.0363. The van der Waals surface area contributed by atoms with Gasteiger partial charge in [-0.15, -0.1) is 4.52 Å². The maximum atomic E-state index is 13.8. The highest BCUT2D eigenvalue weighted by Gasteiger charge is 2.48. The van der Waals surface area contributed by atoms with Crippen molar-refractivity contribution in [3.63, 3.8) is 0 Å². The standard InChI is InChI=1S/C36H55FN6O7P/c1-26(38)34(45)47-21-16-14-12-10-8-6-4-3-5-7-9-11-13-15-18-27-19-17-20-28(22-27)50-51(46)48-24-36(2)29(44)23-30(49-36)43-25-40-31-32(39)41-35(37)42-33(31)43/h17,19-20,22,25-26,29-30,44H,3-16,18,21,23-24,38H2,1-2H3,(H2,39,41,42)/q+1/t26-,29-,30+,36+/m0/s1. The van der Waals surface area contributed by atoms with Gasteiger partial charge in [-0.25, -0.2) is 9.51 Å². The lowest BCUT2D eigenvalue weighted by molar-refractivity contribution is -0.144. The average Bonchev–Trinajstić information content (AvgIpc) is 3.65. The van der Waals surface area contributed by atoms with Crippen LogP contribution in [-0.4, -0.2) is 61.6 Å². The van der Waals surface area contributed by atoms with Gasteiger partial charge in [0.15, 0.2) is 22.7 Å². The highest BCUT2D eigenvalue weighted by molar-refractivity contribution is 7.33. The minimum Gasteiger partial charge on any atom is -0.465 e. The van der Waals surface area contributed by atoms with Crippen LogP contribution in [0.1, 0.15) is 122 Å². The van der Waals surface area contributed by atoms with Gasteiger partial charge in [0.05, 0.1) is 19.0 Å². The molecule has 13 nitrogen and oxygen atoms in total. The fourth-order valence-electron chi connectivity index (χ4n) is 6.21. The van der Waals surface area contributed by atoms with Gasteiger partial charge in [-0.05, 0) is 50.8 Å². The van der Waals surface area contributed by atoms with E-state index >= 15 is 0 Å². The molecule has 0 radical (unpaired) electrons. The fraction of sp³-hybridized carbons (Fsp3) is 0.667. The van der Waals surface area contributed by atoms with Crippen molar-refractivity contribution in [2.24, 2.45) is 5.73 Å². The van der Waals surface area contributed by atoms with Crippen LogP contribution in [0.3, 0.4) is 0 Å². The summed E-state index contributed by atoms with van der Waals surface area (Å²) in [5, 5.41) is 10.8. The highest BCUT2D eigenvalue weighted by Crippen LogP contribution is 2.40. The van der Waals surface area contributed by atoms with E-state index in [1.54, 1.807) is 19.9 Å². The second-order valence-electron chi connectivity index (χ2n) is 13.7. The summed E-state index contributed by atoms with van der Waals surface area (Å²) >= 11 is 0. The van der Waals surface area contributed by atoms with Gasteiger partial charge >= 0.3 is 20.3 Å². The Morgan fingerprint density at radius 1 is 1.06 bits per heavy atom. The summed E-state index contributed by atoms with van der Waals surface area (Å²) in [4.78, 5) is 22.7. The summed E-state index contributed by atoms with van der Waals surface area (Å²) in [5.74, 6) is 0.0414. The molecule has 0 spiro atoms. The van der Waals surface area contributed by atoms with Crippen LogP contribution < -0.4 is 16.0 Å². The number of unbranched alkanes of at least 4 members (excludes halogenated alkanes) is 13. The van der Waals surface area contributed by atoms with E-state index in [9.17, 15) is 18.9 Å². The topological polar surface area (TPSA) is 187 Å². The van der Waals surface area contributed by atoms with Crippen LogP contribution in [0.25, 0.3) is 11.2 Å². The van der Waals surface area contributed by atoms with Gasteiger partial charge in [0.2, 0.25) is 0 Å². The largest absolute Gasteiger partial charge is 0.750 e. The van der Waals surface area contributed by atoms with Gasteiger partial charge < -0.3 is 26.0 Å². The first kappa shape index (κ1) is 40.5. The van der Waals surface area contributed by atoms with Crippen LogP contribution in [0, 0.1) is 6.08 Å². The number of carbonyl (C=O) groups excluding carboxylic acids is 1. The van der Waals surface area contributed by atoms with Gasteiger partial charge in [-0.3, -0.25) is 9.36 Å². The number of nitrogen functional groups attached to an aromatic ring is 1. The Labute approximate surface area is 300 Å². The second-order valence-corrected chi connectivity index (χ2v) is 14.6. The molecule has 3 heterocycles. The Morgan fingerprint density at radius 2 is 1.69 bits per heavy atom. The number of aliphatic hydroxyl groups excluding tert-OH is 1. The lowest BCUT2D eigenvalue weighted by atomic mass is 10.0. The zero-order valence-corrected chi connectivity index (χ0v) is 30.9. The number of esters is 1. The van der Waals surface area contributed by atoms with E-state index in [0.717, 1.165) is 31.2 Å². The zero-order chi connectivity index (χ0) is 36.6. The number of benzene rings is 1. The molecule has 282 valence electrons. The van der Waals surface area contributed by atoms with E-state index in [0.29, 0.717) is 12.4 Å². The molecule has 1 aliphatic heterocycles. The maximum absolute atomic E-state index is 13.8. The fourth-order valence-corrected chi connectivity index (χ4v) is 6.91. The molecule has 51 heavy (non-hydrogen) atoms. The third-order valence-electron chi connectivity index (χ3n) is 9.28. The molecule has 15 heteroatoms. The molecule has 0 saturated carbocycles. The number of aliphatic hydroxyl groups is 1. The predicted octanol–water partition coefficient (Wildman–Crippen LogP) is 7.23. The number of aromatic nitrogens is 4. The Bertz CT molecular complexity index is 1540. The third-order valence-corrected chi connectivity index (χ3v) is 9.98. The number of halogens is 1. The van der Waals surface area contributed by atoms with E-state index in [-0.39, 0.29) is 36.0 Å². The summed E-state index contributed by atoms with van der Waals surface area (Å²) < 4.78 is 50.2. The molecule has 1 fully saturated rings. The molecule has 1 aliphatic rings. The Morgan fingerprint density at radius 3 is 2.33 bits per heavy atom. The summed E-state index contributed by atoms with van der Waals surface area (Å²) in [6, 6.07) is 6.99. The van der Waals surface area contributed by atoms with Crippen LogP contribution in [0.4, 0.5) is 10.2 Å². The molecule has 1 saturated heterocycles. The number of aryl methyl sites for hydroxylation is 1. The Kier molecular flexibility index (Phi) is 16.4. The molecular formula is C36H55FN6O7P+. The van der Waals surface area contributed by atoms with Crippen molar-refractivity contribution in [1.29, 1.82) is 0 Å². The summed E-state index contributed by atoms with van der Waals surface area (Å²) in [7, 11) is -2.53. The number of fused-ring (bicyclic) bond motifs is 1. The molecule has 0 amide bonds. The van der Waals surface area contributed by atoms with Gasteiger partial charge in [0.25, 0.3) is 0 Å². The van der Waals surface area contributed by atoms with Crippen molar-refractivity contribution in [1.82, 2.24) is 19.5 Å². The van der Waals surface area contributed by atoms with Crippen molar-refractivity contribution in [2.75, 3.05) is 18.9 Å². The smallest absolute Gasteiger partial charge is 0.465 e. The van der Waals surface area contributed by atoms with Crippen LogP contribution in [0.5, 0.6) is 5.75 Å². The molecule has 5 atom stereocenters. The lowest BCUT2D eigenvalue weighted by Gasteiger charge is -2.24. The minimum atomic E-state index is -2.53. The van der Waals surface area contributed by atoms with Gasteiger partial charge in [-0.2, -0.15) is 14.4 Å². The molecule has 2 aromatic heterocycles. The van der Waals surface area contributed by atoms with Crippen molar-refractivity contribution in [2.45, 2.75) is 141 Å². The summed E-state index contributed by atoms with van der Waals surface area (Å²) in [6.07, 6.45) is 16.7. The Hall–Kier alpha value is -3.29. The van der Waals surface area contributed by atoms with Crippen molar-refractivity contribution in [3.8, 4) is 5.75 Å². The van der Waals surface area contributed by atoms with Crippen LogP contribution in [-0.2, 0) is 29.8 Å². The SMILES string of the molecule is C[C@H](N)C(=O)OCCCCCCCCCCCCCCCCc1cccc(O[P+](=O)OC[C@@]2(C)O[C@@H](n3cnc4c(N)nc(F)nc43)C[C@@H]2O)c1. The molecule has 0 aliphatic carbocycles. The number of hydrogen-bond acceptors (Lipinski definition) is 12. The van der Waals surface area contributed by atoms with Crippen LogP contribution in [0.15, 0.2) is 30.6 Å². The minimum absolute atomic E-state index is 0.0928. The number of ether oxygens (including phenoxy) is 2. The lowest BCUT2D eigenvalue weighted by Crippen LogP contribution is -2.40. The number of anilines is 1. The zero-order valence-electron chi connectivity index (χ0n) is 30.0. The van der Waals surface area contributed by atoms with Crippen molar-refractivity contribution >= 4 is 31.2 Å². The molecule has 1 unspecified atom stereocenters. The highest BCUT2D eigenvalue weighted by atomic mass is 31.1.